The van der Waals surface area contributed by atoms with Gasteiger partial charge in [-0.1, -0.05) is 0 Å². The van der Waals surface area contributed by atoms with Crippen LogP contribution in [0.5, 0.6) is 0 Å². The molecule has 0 fully saturated rings. The molecule has 19 heavy (non-hydrogen) atoms. The summed E-state index contributed by atoms with van der Waals surface area (Å²) in [6.45, 7) is 5.01. The Bertz CT molecular complexity index is 557. The predicted octanol–water partition coefficient (Wildman–Crippen LogP) is 2.21. The Kier molecular flexibility index (Phi) is 4.42. The van der Waals surface area contributed by atoms with Gasteiger partial charge in [0.05, 0.1) is 21.9 Å². The highest BCUT2D eigenvalue weighted by molar-refractivity contribution is 9.10. The van der Waals surface area contributed by atoms with Crippen LogP contribution in [0.1, 0.15) is 30.2 Å². The number of aromatic nitrogens is 4. The summed E-state index contributed by atoms with van der Waals surface area (Å²) in [5.41, 5.74) is 2.24. The third-order valence-electron chi connectivity index (χ3n) is 3.37. The average Bonchev–Trinajstić information content (AvgIpc) is 2.93. The highest BCUT2D eigenvalue weighted by atomic mass is 79.9. The van der Waals surface area contributed by atoms with Crippen LogP contribution < -0.4 is 5.32 Å². The maximum Gasteiger partial charge on any atom is 0.125 e. The van der Waals surface area contributed by atoms with E-state index in [0.717, 1.165) is 29.0 Å². The molecule has 2 aromatic heterocycles. The van der Waals surface area contributed by atoms with Crippen LogP contribution in [0, 0.1) is 6.92 Å². The van der Waals surface area contributed by atoms with Crippen molar-refractivity contribution in [1.29, 1.82) is 0 Å². The maximum absolute atomic E-state index is 4.53. The lowest BCUT2D eigenvalue weighted by atomic mass is 10.1. The Morgan fingerprint density at radius 2 is 2.21 bits per heavy atom. The smallest absolute Gasteiger partial charge is 0.125 e. The van der Waals surface area contributed by atoms with Crippen molar-refractivity contribution in [3.05, 3.63) is 34.1 Å². The Balaban J connectivity index is 2.31. The first-order valence-corrected chi connectivity index (χ1v) is 7.24. The first kappa shape index (κ1) is 14.3. The van der Waals surface area contributed by atoms with E-state index in [-0.39, 0.29) is 6.04 Å². The zero-order valence-electron chi connectivity index (χ0n) is 11.8. The summed E-state index contributed by atoms with van der Waals surface area (Å²) in [5, 5.41) is 7.87. The average molecular weight is 326 g/mol. The van der Waals surface area contributed by atoms with E-state index in [2.05, 4.69) is 42.8 Å². The molecule has 1 atom stereocenters. The number of nitrogens with one attached hydrogen (secondary N) is 1. The number of hydrogen-bond donors (Lipinski definition) is 1. The minimum atomic E-state index is 0.178. The Hall–Kier alpha value is -1.14. The molecule has 0 spiro atoms. The van der Waals surface area contributed by atoms with Crippen LogP contribution in [0.2, 0.25) is 0 Å². The van der Waals surface area contributed by atoms with Gasteiger partial charge < -0.3 is 9.88 Å². The van der Waals surface area contributed by atoms with Gasteiger partial charge in [0.2, 0.25) is 0 Å². The van der Waals surface area contributed by atoms with E-state index in [1.165, 1.54) is 5.69 Å². The standard InChI is InChI=1S/C13H20BrN5/c1-5-19-11(12(14)9(2)17-19)8-10(15-3)13-16-6-7-18(13)4/h6-7,10,15H,5,8H2,1-4H3. The van der Waals surface area contributed by atoms with Crippen molar-refractivity contribution < 1.29 is 0 Å². The topological polar surface area (TPSA) is 47.7 Å². The minimum Gasteiger partial charge on any atom is -0.337 e. The van der Waals surface area contributed by atoms with Crippen molar-refractivity contribution in [1.82, 2.24) is 24.6 Å². The van der Waals surface area contributed by atoms with Crippen molar-refractivity contribution in [2.75, 3.05) is 7.05 Å². The summed E-state index contributed by atoms with van der Waals surface area (Å²) in [6.07, 6.45) is 4.66. The molecule has 0 aliphatic rings. The fourth-order valence-electron chi connectivity index (χ4n) is 2.29. The highest BCUT2D eigenvalue weighted by Crippen LogP contribution is 2.25. The lowest BCUT2D eigenvalue weighted by Crippen LogP contribution is -2.23. The van der Waals surface area contributed by atoms with Crippen LogP contribution >= 0.6 is 15.9 Å². The number of rotatable bonds is 5. The molecule has 0 radical (unpaired) electrons. The molecular formula is C13H20BrN5. The molecule has 1 N–H and O–H groups in total. The number of halogens is 1. The van der Waals surface area contributed by atoms with Crippen molar-refractivity contribution in [3.8, 4) is 0 Å². The summed E-state index contributed by atoms with van der Waals surface area (Å²) in [7, 11) is 3.98. The maximum atomic E-state index is 4.53. The third-order valence-corrected chi connectivity index (χ3v) is 4.40. The quantitative estimate of drug-likeness (QED) is 0.916. The van der Waals surface area contributed by atoms with E-state index in [4.69, 9.17) is 0 Å². The number of likely N-dealkylation sites (N-methyl/N-ethyl adjacent to an activating group) is 1. The van der Waals surface area contributed by atoms with Gasteiger partial charge in [0.15, 0.2) is 0 Å². The summed E-state index contributed by atoms with van der Waals surface area (Å²) in [4.78, 5) is 4.43. The van der Waals surface area contributed by atoms with E-state index >= 15 is 0 Å². The lowest BCUT2D eigenvalue weighted by molar-refractivity contribution is 0.507. The first-order valence-electron chi connectivity index (χ1n) is 6.44. The monoisotopic (exact) mass is 325 g/mol. The Morgan fingerprint density at radius 3 is 2.74 bits per heavy atom. The van der Waals surface area contributed by atoms with E-state index in [9.17, 15) is 0 Å². The van der Waals surface area contributed by atoms with Gasteiger partial charge >= 0.3 is 0 Å². The third kappa shape index (κ3) is 2.74. The van der Waals surface area contributed by atoms with Gasteiger partial charge in [0.1, 0.15) is 5.82 Å². The molecule has 2 aromatic rings. The van der Waals surface area contributed by atoms with Gasteiger partial charge in [-0.15, -0.1) is 0 Å². The highest BCUT2D eigenvalue weighted by Gasteiger charge is 2.20. The van der Waals surface area contributed by atoms with Crippen molar-refractivity contribution in [3.63, 3.8) is 0 Å². The molecule has 6 heteroatoms. The number of aryl methyl sites for hydroxylation is 3. The SMILES string of the molecule is CCn1nc(C)c(Br)c1CC(NC)c1nccn1C. The molecule has 2 rings (SSSR count). The van der Waals surface area contributed by atoms with Crippen LogP contribution in [0.3, 0.4) is 0 Å². The molecular weight excluding hydrogens is 306 g/mol. The van der Waals surface area contributed by atoms with Gasteiger partial charge in [-0.2, -0.15) is 5.10 Å². The molecule has 0 saturated carbocycles. The molecule has 0 aliphatic heterocycles. The molecule has 0 amide bonds. The number of nitrogens with zero attached hydrogens (tertiary/aromatic N) is 4. The molecule has 1 unspecified atom stereocenters. The second-order valence-electron chi connectivity index (χ2n) is 4.60. The summed E-state index contributed by atoms with van der Waals surface area (Å²) in [5.74, 6) is 1.04. The molecule has 104 valence electrons. The van der Waals surface area contributed by atoms with Crippen LogP contribution in [-0.2, 0) is 20.0 Å². The van der Waals surface area contributed by atoms with E-state index in [1.54, 1.807) is 0 Å². The van der Waals surface area contributed by atoms with Gasteiger partial charge in [-0.3, -0.25) is 4.68 Å². The van der Waals surface area contributed by atoms with Gasteiger partial charge in [0, 0.05) is 32.4 Å². The molecule has 0 aliphatic carbocycles. The largest absolute Gasteiger partial charge is 0.337 e. The van der Waals surface area contributed by atoms with Crippen molar-refractivity contribution in [2.24, 2.45) is 7.05 Å². The van der Waals surface area contributed by atoms with Gasteiger partial charge in [-0.05, 0) is 36.8 Å². The minimum absolute atomic E-state index is 0.178. The predicted molar refractivity (Wildman–Crippen MR) is 79.1 cm³/mol. The first-order chi connectivity index (χ1) is 9.08. The summed E-state index contributed by atoms with van der Waals surface area (Å²) >= 11 is 3.64. The molecule has 5 nitrogen and oxygen atoms in total. The number of hydrogen-bond acceptors (Lipinski definition) is 3. The van der Waals surface area contributed by atoms with Crippen LogP contribution in [0.15, 0.2) is 16.9 Å². The van der Waals surface area contributed by atoms with Crippen molar-refractivity contribution in [2.45, 2.75) is 32.9 Å². The second kappa shape index (κ2) is 5.88. The molecule has 0 saturated heterocycles. The Labute approximate surface area is 122 Å². The lowest BCUT2D eigenvalue weighted by Gasteiger charge is -2.17. The van der Waals surface area contributed by atoms with Crippen molar-refractivity contribution >= 4 is 15.9 Å². The zero-order chi connectivity index (χ0) is 14.0. The van der Waals surface area contributed by atoms with Gasteiger partial charge in [0.25, 0.3) is 0 Å². The van der Waals surface area contributed by atoms with Crippen LogP contribution in [0.4, 0.5) is 0 Å². The van der Waals surface area contributed by atoms with Gasteiger partial charge in [-0.25, -0.2) is 4.98 Å². The second-order valence-corrected chi connectivity index (χ2v) is 5.40. The van der Waals surface area contributed by atoms with Crippen LogP contribution in [0.25, 0.3) is 0 Å². The zero-order valence-corrected chi connectivity index (χ0v) is 13.4. The Morgan fingerprint density at radius 1 is 1.47 bits per heavy atom. The molecule has 0 bridgehead atoms. The molecule has 0 aromatic carbocycles. The molecule has 2 heterocycles. The van der Waals surface area contributed by atoms with Crippen LogP contribution in [-0.4, -0.2) is 26.4 Å². The summed E-state index contributed by atoms with van der Waals surface area (Å²) < 4.78 is 5.20. The number of imidazole rings is 1. The fraction of sp³-hybridized carbons (Fsp3) is 0.538. The fourth-order valence-corrected chi connectivity index (χ4v) is 2.74. The normalized spacial score (nSPS) is 12.9. The summed E-state index contributed by atoms with van der Waals surface area (Å²) in [6, 6.07) is 0.178. The van der Waals surface area contributed by atoms with E-state index in [1.807, 2.05) is 38.1 Å². The van der Waals surface area contributed by atoms with E-state index < -0.39 is 0 Å². The van der Waals surface area contributed by atoms with E-state index in [0.29, 0.717) is 0 Å².